The zero-order chi connectivity index (χ0) is 19.6. The van der Waals surface area contributed by atoms with E-state index in [1.54, 1.807) is 12.1 Å². The number of hydrogen-bond acceptors (Lipinski definition) is 3. The number of likely N-dealkylation sites (tertiary alicyclic amines) is 1. The van der Waals surface area contributed by atoms with Crippen molar-refractivity contribution in [2.45, 2.75) is 37.1 Å². The second-order valence-electron chi connectivity index (χ2n) is 7.97. The first-order valence-electron chi connectivity index (χ1n) is 10.1. The number of hydrogen-bond donors (Lipinski definition) is 2. The summed E-state index contributed by atoms with van der Waals surface area (Å²) in [5, 5.41) is 3.31. The van der Waals surface area contributed by atoms with Crippen molar-refractivity contribution in [2.24, 2.45) is 5.73 Å². The Balaban J connectivity index is 0.00000240. The number of nitrogens with zero attached hydrogens (tertiary/aromatic N) is 1. The maximum Gasteiger partial charge on any atom is 0.248 e. The second kappa shape index (κ2) is 9.01. The van der Waals surface area contributed by atoms with Crippen molar-refractivity contribution in [2.75, 3.05) is 19.6 Å². The summed E-state index contributed by atoms with van der Waals surface area (Å²) < 4.78 is 0. The summed E-state index contributed by atoms with van der Waals surface area (Å²) in [4.78, 5) is 27.3. The zero-order valence-electron chi connectivity index (χ0n) is 16.6. The van der Waals surface area contributed by atoms with Gasteiger partial charge in [0.2, 0.25) is 11.8 Å². The molecular weight excluding hydrogens is 382 g/mol. The fourth-order valence-electron chi connectivity index (χ4n) is 4.18. The highest BCUT2D eigenvalue weighted by Gasteiger charge is 2.51. The van der Waals surface area contributed by atoms with E-state index >= 15 is 0 Å². The predicted octanol–water partition coefficient (Wildman–Crippen LogP) is 2.88. The second-order valence-corrected chi connectivity index (χ2v) is 7.97. The minimum atomic E-state index is -0.538. The van der Waals surface area contributed by atoms with Gasteiger partial charge in [-0.05, 0) is 62.0 Å². The molecule has 5 nitrogen and oxygen atoms in total. The fraction of sp³-hybridized carbons (Fsp3) is 0.391. The Morgan fingerprint density at radius 3 is 2.34 bits per heavy atom. The molecule has 2 aromatic carbocycles. The molecule has 1 heterocycles. The van der Waals surface area contributed by atoms with E-state index in [4.69, 9.17) is 5.73 Å². The van der Waals surface area contributed by atoms with Gasteiger partial charge in [0.05, 0.1) is 11.5 Å². The molecule has 0 radical (unpaired) electrons. The van der Waals surface area contributed by atoms with E-state index in [2.05, 4.69) is 22.3 Å². The highest BCUT2D eigenvalue weighted by molar-refractivity contribution is 7.59. The molecule has 154 valence electrons. The van der Waals surface area contributed by atoms with Crippen molar-refractivity contribution in [3.63, 3.8) is 0 Å². The standard InChI is InChI=1S/C23H27N3O2.H2S/c24-21(27)18-9-6-10-19(15-18)23(11-12-23)22(28)25-20(16-26-13-4-5-14-26)17-7-2-1-3-8-17;/h1-3,6-10,15,20H,4-5,11-14,16H2,(H2,24,27)(H,25,28);1H2/t20-;/m1./s1. The van der Waals surface area contributed by atoms with E-state index in [0.717, 1.165) is 43.6 Å². The van der Waals surface area contributed by atoms with Gasteiger partial charge >= 0.3 is 0 Å². The van der Waals surface area contributed by atoms with Gasteiger partial charge in [0.25, 0.3) is 0 Å². The van der Waals surface area contributed by atoms with Gasteiger partial charge in [0.1, 0.15) is 0 Å². The lowest BCUT2D eigenvalue weighted by atomic mass is 9.92. The first kappa shape index (κ1) is 21.4. The van der Waals surface area contributed by atoms with Crippen molar-refractivity contribution in [1.29, 1.82) is 0 Å². The van der Waals surface area contributed by atoms with E-state index in [1.807, 2.05) is 30.3 Å². The average molecular weight is 412 g/mol. The molecule has 0 bridgehead atoms. The molecule has 6 heteroatoms. The maximum atomic E-state index is 13.3. The van der Waals surface area contributed by atoms with Crippen molar-refractivity contribution < 1.29 is 9.59 Å². The van der Waals surface area contributed by atoms with Gasteiger partial charge in [-0.25, -0.2) is 0 Å². The molecule has 2 amide bonds. The Labute approximate surface area is 179 Å². The third-order valence-corrected chi connectivity index (χ3v) is 6.03. The fourth-order valence-corrected chi connectivity index (χ4v) is 4.18. The number of carbonyl (C=O) groups excluding carboxylic acids is 2. The third kappa shape index (κ3) is 4.65. The molecule has 4 rings (SSSR count). The third-order valence-electron chi connectivity index (χ3n) is 6.03. The highest BCUT2D eigenvalue weighted by atomic mass is 32.1. The van der Waals surface area contributed by atoms with Crippen LogP contribution in [0, 0.1) is 0 Å². The van der Waals surface area contributed by atoms with Gasteiger partial charge in [-0.15, -0.1) is 0 Å². The Morgan fingerprint density at radius 2 is 1.72 bits per heavy atom. The molecular formula is C23H29N3O2S. The monoisotopic (exact) mass is 411 g/mol. The molecule has 0 aromatic heterocycles. The van der Waals surface area contributed by atoms with Gasteiger partial charge in [0.15, 0.2) is 0 Å². The SMILES string of the molecule is NC(=O)c1cccc(C2(C(=O)N[C@H](CN3CCCC3)c3ccccc3)CC2)c1.S. The maximum absolute atomic E-state index is 13.3. The number of primary amides is 1. The van der Waals surface area contributed by atoms with Gasteiger partial charge in [0, 0.05) is 12.1 Å². The molecule has 1 atom stereocenters. The van der Waals surface area contributed by atoms with Crippen molar-refractivity contribution >= 4 is 25.3 Å². The van der Waals surface area contributed by atoms with Crippen LogP contribution >= 0.6 is 13.5 Å². The Hall–Kier alpha value is -2.31. The number of rotatable bonds is 7. The molecule has 1 saturated heterocycles. The first-order valence-corrected chi connectivity index (χ1v) is 10.1. The van der Waals surface area contributed by atoms with Gasteiger partial charge in [-0.3, -0.25) is 9.59 Å². The van der Waals surface area contributed by atoms with Gasteiger partial charge in [-0.1, -0.05) is 42.5 Å². The van der Waals surface area contributed by atoms with Crippen LogP contribution in [0.4, 0.5) is 0 Å². The highest BCUT2D eigenvalue weighted by Crippen LogP contribution is 2.49. The normalized spacial score (nSPS) is 18.5. The van der Waals surface area contributed by atoms with Crippen molar-refractivity contribution in [3.8, 4) is 0 Å². The van der Waals surface area contributed by atoms with Crippen LogP contribution in [0.15, 0.2) is 54.6 Å². The van der Waals surface area contributed by atoms with E-state index in [-0.39, 0.29) is 25.4 Å². The largest absolute Gasteiger partial charge is 0.366 e. The lowest BCUT2D eigenvalue weighted by Gasteiger charge is -2.27. The number of nitrogens with one attached hydrogen (secondary N) is 1. The van der Waals surface area contributed by atoms with E-state index in [9.17, 15) is 9.59 Å². The van der Waals surface area contributed by atoms with Gasteiger partial charge < -0.3 is 16.0 Å². The molecule has 2 aliphatic rings. The molecule has 29 heavy (non-hydrogen) atoms. The van der Waals surface area contributed by atoms with Crippen LogP contribution in [0.3, 0.4) is 0 Å². The Bertz CT molecular complexity index is 861. The quantitative estimate of drug-likeness (QED) is 0.736. The van der Waals surface area contributed by atoms with Crippen LogP contribution in [0.25, 0.3) is 0 Å². The minimum absolute atomic E-state index is 0. The molecule has 0 spiro atoms. The van der Waals surface area contributed by atoms with Crippen LogP contribution in [0.5, 0.6) is 0 Å². The zero-order valence-corrected chi connectivity index (χ0v) is 17.6. The summed E-state index contributed by atoms with van der Waals surface area (Å²) in [5.74, 6) is -0.420. The summed E-state index contributed by atoms with van der Waals surface area (Å²) >= 11 is 0. The minimum Gasteiger partial charge on any atom is -0.366 e. The van der Waals surface area contributed by atoms with Crippen molar-refractivity contribution in [3.05, 3.63) is 71.3 Å². The molecule has 2 fully saturated rings. The lowest BCUT2D eigenvalue weighted by Crippen LogP contribution is -2.42. The Morgan fingerprint density at radius 1 is 1.03 bits per heavy atom. The molecule has 0 unspecified atom stereocenters. The lowest BCUT2D eigenvalue weighted by molar-refractivity contribution is -0.124. The molecule has 2 aromatic rings. The molecule has 3 N–H and O–H groups in total. The number of amides is 2. The van der Waals surface area contributed by atoms with Crippen LogP contribution in [-0.2, 0) is 10.2 Å². The van der Waals surface area contributed by atoms with Crippen molar-refractivity contribution in [1.82, 2.24) is 10.2 Å². The summed E-state index contributed by atoms with van der Waals surface area (Å²) in [7, 11) is 0. The summed E-state index contributed by atoms with van der Waals surface area (Å²) in [6, 6.07) is 17.3. The molecule has 1 aliphatic heterocycles. The van der Waals surface area contributed by atoms with Crippen LogP contribution in [0.1, 0.15) is 53.2 Å². The van der Waals surface area contributed by atoms with Crippen LogP contribution < -0.4 is 11.1 Å². The Kier molecular flexibility index (Phi) is 6.65. The summed E-state index contributed by atoms with van der Waals surface area (Å²) in [6.45, 7) is 3.00. The number of nitrogens with two attached hydrogens (primary N) is 1. The predicted molar refractivity (Wildman–Crippen MR) is 119 cm³/mol. The summed E-state index contributed by atoms with van der Waals surface area (Å²) in [5.41, 5.74) is 7.35. The van der Waals surface area contributed by atoms with Crippen LogP contribution in [-0.4, -0.2) is 36.3 Å². The smallest absolute Gasteiger partial charge is 0.248 e. The molecule has 1 aliphatic carbocycles. The topological polar surface area (TPSA) is 75.4 Å². The van der Waals surface area contributed by atoms with Crippen LogP contribution in [0.2, 0.25) is 0 Å². The summed E-state index contributed by atoms with van der Waals surface area (Å²) in [6.07, 6.45) is 4.04. The van der Waals surface area contributed by atoms with E-state index in [0.29, 0.717) is 5.56 Å². The number of carbonyl (C=O) groups is 2. The first-order chi connectivity index (χ1) is 13.6. The average Bonchev–Trinajstić information content (AvgIpc) is 3.38. The molecule has 1 saturated carbocycles. The number of benzene rings is 2. The van der Waals surface area contributed by atoms with Gasteiger partial charge in [-0.2, -0.15) is 13.5 Å². The van der Waals surface area contributed by atoms with E-state index < -0.39 is 11.3 Å². The van der Waals surface area contributed by atoms with E-state index in [1.165, 1.54) is 12.8 Å².